The maximum atomic E-state index is 13.3. The molecule has 1 heterocycles. The molecule has 0 aromatic carbocycles. The summed E-state index contributed by atoms with van der Waals surface area (Å²) in [4.78, 5) is 11.6. The number of nitrogens with zero attached hydrogens (tertiary/aromatic N) is 1. The minimum absolute atomic E-state index is 0.0740. The molecule has 2 N–H and O–H groups in total. The molecule has 0 radical (unpaired) electrons. The summed E-state index contributed by atoms with van der Waals surface area (Å²) >= 11 is 0. The average molecular weight is 314 g/mol. The molecule has 0 saturated heterocycles. The van der Waals surface area contributed by atoms with Crippen LogP contribution in [0.2, 0.25) is 0 Å². The third kappa shape index (κ3) is 2.86. The Bertz CT molecular complexity index is 561. The minimum Gasteiger partial charge on any atom is -0.480 e. The zero-order valence-corrected chi connectivity index (χ0v) is 12.3. The van der Waals surface area contributed by atoms with E-state index in [1.54, 1.807) is 0 Å². The van der Waals surface area contributed by atoms with Crippen molar-refractivity contribution in [2.24, 2.45) is 0 Å². The van der Waals surface area contributed by atoms with Crippen molar-refractivity contribution in [1.82, 2.24) is 10.5 Å². The Morgan fingerprint density at radius 2 is 1.91 bits per heavy atom. The highest BCUT2D eigenvalue weighted by molar-refractivity contribution is 5.79. The quantitative estimate of drug-likeness (QED) is 0.893. The summed E-state index contributed by atoms with van der Waals surface area (Å²) < 4.78 is 31.9. The molecule has 1 saturated carbocycles. The van der Waals surface area contributed by atoms with Crippen LogP contribution in [0.4, 0.5) is 8.78 Å². The number of fused-ring (bicyclic) bond motifs is 1. The number of halogens is 2. The predicted octanol–water partition coefficient (Wildman–Crippen LogP) is 2.68. The van der Waals surface area contributed by atoms with E-state index in [1.165, 1.54) is 0 Å². The van der Waals surface area contributed by atoms with Gasteiger partial charge in [0.05, 0.1) is 0 Å². The van der Waals surface area contributed by atoms with Crippen LogP contribution in [0.5, 0.6) is 0 Å². The van der Waals surface area contributed by atoms with Gasteiger partial charge in [0.25, 0.3) is 0 Å². The summed E-state index contributed by atoms with van der Waals surface area (Å²) in [6.45, 7) is 0.247. The molecule has 0 unspecified atom stereocenters. The van der Waals surface area contributed by atoms with Crippen molar-refractivity contribution in [3.05, 3.63) is 17.0 Å². The van der Waals surface area contributed by atoms with E-state index >= 15 is 0 Å². The van der Waals surface area contributed by atoms with Crippen LogP contribution in [0.1, 0.15) is 55.5 Å². The van der Waals surface area contributed by atoms with E-state index in [-0.39, 0.29) is 19.4 Å². The lowest BCUT2D eigenvalue weighted by Crippen LogP contribution is -2.55. The molecule has 1 fully saturated rings. The Balaban J connectivity index is 1.70. The van der Waals surface area contributed by atoms with Crippen molar-refractivity contribution in [2.75, 3.05) is 0 Å². The number of rotatable bonds is 4. The number of carbonyl (C=O) groups is 1. The van der Waals surface area contributed by atoms with E-state index in [1.807, 2.05) is 0 Å². The molecular weight excluding hydrogens is 294 g/mol. The number of aryl methyl sites for hydroxylation is 1. The second-order valence-corrected chi connectivity index (χ2v) is 6.33. The Hall–Kier alpha value is -1.50. The van der Waals surface area contributed by atoms with Crippen LogP contribution in [0.25, 0.3) is 0 Å². The topological polar surface area (TPSA) is 75.4 Å². The SMILES string of the molecule is O=C(O)C1(NCc2noc3c2CCCC3)CCC(F)(F)CC1. The summed E-state index contributed by atoms with van der Waals surface area (Å²) in [6.07, 6.45) is 2.94. The summed E-state index contributed by atoms with van der Waals surface area (Å²) in [5, 5.41) is 16.5. The molecule has 0 aliphatic heterocycles. The van der Waals surface area contributed by atoms with Gasteiger partial charge in [0.2, 0.25) is 5.92 Å². The standard InChI is InChI=1S/C15H20F2N2O3/c16-15(17)7-5-14(6-8-15,13(20)21)18-9-11-10-3-1-2-4-12(10)22-19-11/h18H,1-9H2,(H,20,21). The maximum absolute atomic E-state index is 13.3. The van der Waals surface area contributed by atoms with E-state index in [2.05, 4.69) is 10.5 Å². The molecule has 1 aromatic heterocycles. The molecule has 7 heteroatoms. The molecule has 2 aliphatic rings. The van der Waals surface area contributed by atoms with Crippen LogP contribution in [-0.4, -0.2) is 27.7 Å². The lowest BCUT2D eigenvalue weighted by atomic mass is 9.79. The van der Waals surface area contributed by atoms with Crippen molar-refractivity contribution in [2.45, 2.75) is 69.4 Å². The largest absolute Gasteiger partial charge is 0.480 e. The average Bonchev–Trinajstić information content (AvgIpc) is 2.90. The first-order valence-electron chi connectivity index (χ1n) is 7.74. The molecule has 22 heavy (non-hydrogen) atoms. The number of carboxylic acids is 1. The molecule has 1 aromatic rings. The zero-order valence-electron chi connectivity index (χ0n) is 12.3. The third-order valence-corrected chi connectivity index (χ3v) is 4.87. The van der Waals surface area contributed by atoms with Crippen LogP contribution in [-0.2, 0) is 24.2 Å². The van der Waals surface area contributed by atoms with Gasteiger partial charge in [-0.25, -0.2) is 8.78 Å². The van der Waals surface area contributed by atoms with Crippen LogP contribution in [0.3, 0.4) is 0 Å². The van der Waals surface area contributed by atoms with E-state index in [0.717, 1.165) is 37.0 Å². The number of hydrogen-bond acceptors (Lipinski definition) is 4. The van der Waals surface area contributed by atoms with Gasteiger partial charge in [0.1, 0.15) is 17.0 Å². The number of aliphatic carboxylic acids is 1. The van der Waals surface area contributed by atoms with E-state index in [9.17, 15) is 18.7 Å². The normalized spacial score (nSPS) is 23.0. The fourth-order valence-corrected chi connectivity index (χ4v) is 3.35. The first kappa shape index (κ1) is 15.4. The molecule has 0 amide bonds. The molecule has 3 rings (SSSR count). The van der Waals surface area contributed by atoms with E-state index < -0.39 is 30.3 Å². The zero-order chi connectivity index (χ0) is 15.8. The summed E-state index contributed by atoms with van der Waals surface area (Å²) in [7, 11) is 0. The smallest absolute Gasteiger partial charge is 0.323 e. The Morgan fingerprint density at radius 3 is 2.59 bits per heavy atom. The third-order valence-electron chi connectivity index (χ3n) is 4.87. The number of nitrogens with one attached hydrogen (secondary N) is 1. The van der Waals surface area contributed by atoms with Gasteiger partial charge >= 0.3 is 5.97 Å². The second kappa shape index (κ2) is 5.61. The molecule has 5 nitrogen and oxygen atoms in total. The highest BCUT2D eigenvalue weighted by atomic mass is 19.3. The molecule has 0 atom stereocenters. The van der Waals surface area contributed by atoms with Gasteiger partial charge in [-0.2, -0.15) is 0 Å². The summed E-state index contributed by atoms with van der Waals surface area (Å²) in [5.41, 5.74) is 0.482. The van der Waals surface area contributed by atoms with Crippen molar-refractivity contribution < 1.29 is 23.2 Å². The van der Waals surface area contributed by atoms with Crippen molar-refractivity contribution in [1.29, 1.82) is 0 Å². The Labute approximate surface area is 127 Å². The van der Waals surface area contributed by atoms with Crippen LogP contribution < -0.4 is 5.32 Å². The fourth-order valence-electron chi connectivity index (χ4n) is 3.35. The van der Waals surface area contributed by atoms with Gasteiger partial charge in [-0.05, 0) is 32.1 Å². The first-order valence-corrected chi connectivity index (χ1v) is 7.74. The van der Waals surface area contributed by atoms with Crippen molar-refractivity contribution in [3.63, 3.8) is 0 Å². The number of alkyl halides is 2. The number of carboxylic acid groups (broad SMARTS) is 1. The molecule has 2 aliphatic carbocycles. The lowest BCUT2D eigenvalue weighted by molar-refractivity contribution is -0.150. The van der Waals surface area contributed by atoms with Gasteiger partial charge in [-0.1, -0.05) is 5.16 Å². The Kier molecular flexibility index (Phi) is 3.92. The van der Waals surface area contributed by atoms with E-state index in [0.29, 0.717) is 5.69 Å². The highest BCUT2D eigenvalue weighted by Gasteiger charge is 2.47. The highest BCUT2D eigenvalue weighted by Crippen LogP contribution is 2.39. The van der Waals surface area contributed by atoms with Crippen molar-refractivity contribution >= 4 is 5.97 Å². The lowest BCUT2D eigenvalue weighted by Gasteiger charge is -2.37. The molecule has 122 valence electrons. The van der Waals surface area contributed by atoms with Crippen LogP contribution in [0.15, 0.2) is 4.52 Å². The molecule has 0 bridgehead atoms. The van der Waals surface area contributed by atoms with Crippen molar-refractivity contribution in [3.8, 4) is 0 Å². The predicted molar refractivity (Wildman–Crippen MR) is 73.8 cm³/mol. The fraction of sp³-hybridized carbons (Fsp3) is 0.733. The first-order chi connectivity index (χ1) is 10.4. The van der Waals surface area contributed by atoms with Gasteiger partial charge in [0, 0.05) is 31.4 Å². The minimum atomic E-state index is -2.76. The molecular formula is C15H20F2N2O3. The summed E-state index contributed by atoms with van der Waals surface area (Å²) in [6, 6.07) is 0. The Morgan fingerprint density at radius 1 is 1.23 bits per heavy atom. The van der Waals surface area contributed by atoms with Gasteiger partial charge < -0.3 is 9.63 Å². The second-order valence-electron chi connectivity index (χ2n) is 6.33. The maximum Gasteiger partial charge on any atom is 0.323 e. The van der Waals surface area contributed by atoms with Gasteiger partial charge in [-0.15, -0.1) is 0 Å². The van der Waals surface area contributed by atoms with Gasteiger partial charge in [0.15, 0.2) is 0 Å². The van der Waals surface area contributed by atoms with Crippen LogP contribution in [0, 0.1) is 0 Å². The van der Waals surface area contributed by atoms with E-state index in [4.69, 9.17) is 4.52 Å². The monoisotopic (exact) mass is 314 g/mol. The molecule has 0 spiro atoms. The number of hydrogen-bond donors (Lipinski definition) is 2. The van der Waals surface area contributed by atoms with Gasteiger partial charge in [-0.3, -0.25) is 10.1 Å². The number of aromatic nitrogens is 1. The van der Waals surface area contributed by atoms with Crippen LogP contribution >= 0.6 is 0 Å². The summed E-state index contributed by atoms with van der Waals surface area (Å²) in [5.74, 6) is -2.95.